The van der Waals surface area contributed by atoms with Gasteiger partial charge in [0.15, 0.2) is 5.78 Å². The van der Waals surface area contributed by atoms with E-state index in [-0.39, 0.29) is 12.2 Å². The number of ether oxygens (including phenoxy) is 2. The largest absolute Gasteiger partial charge is 0.467 e. The van der Waals surface area contributed by atoms with Gasteiger partial charge in [0.1, 0.15) is 0 Å². The Morgan fingerprint density at radius 3 is 2.18 bits per heavy atom. The van der Waals surface area contributed by atoms with Crippen LogP contribution in [0, 0.1) is 0 Å². The Balaban J connectivity index is 4.15. The van der Waals surface area contributed by atoms with Gasteiger partial charge in [-0.25, -0.2) is 4.79 Å². The molecule has 0 unspecified atom stereocenters. The molecule has 0 rings (SSSR count). The van der Waals surface area contributed by atoms with E-state index in [2.05, 4.69) is 9.47 Å². The third kappa shape index (κ3) is 2.67. The highest BCUT2D eigenvalue weighted by Crippen LogP contribution is 1.97. The summed E-state index contributed by atoms with van der Waals surface area (Å²) in [6.07, 6.45) is -0.779. The molecular weight excluding hydrogens is 148 g/mol. The molecule has 0 fully saturated rings. The van der Waals surface area contributed by atoms with Crippen LogP contribution in [0.4, 0.5) is 0 Å². The molecule has 0 spiro atoms. The number of esters is 1. The van der Waals surface area contributed by atoms with Crippen LogP contribution in [0.1, 0.15) is 13.3 Å². The van der Waals surface area contributed by atoms with Crippen molar-refractivity contribution < 1.29 is 19.1 Å². The number of hydrogen-bond acceptors (Lipinski definition) is 4. The van der Waals surface area contributed by atoms with Gasteiger partial charge in [-0.3, -0.25) is 4.79 Å². The maximum Gasteiger partial charge on any atom is 0.342 e. The molecule has 0 heterocycles. The van der Waals surface area contributed by atoms with E-state index in [9.17, 15) is 9.59 Å². The molecule has 0 radical (unpaired) electrons. The van der Waals surface area contributed by atoms with Crippen molar-refractivity contribution in [2.45, 2.75) is 19.4 Å². The summed E-state index contributed by atoms with van der Waals surface area (Å²) in [6, 6.07) is 0. The van der Waals surface area contributed by atoms with Crippen molar-refractivity contribution in [1.29, 1.82) is 0 Å². The quantitative estimate of drug-likeness (QED) is 0.434. The average molecular weight is 160 g/mol. The lowest BCUT2D eigenvalue weighted by Crippen LogP contribution is -2.32. The van der Waals surface area contributed by atoms with Crippen LogP contribution >= 0.6 is 0 Å². The van der Waals surface area contributed by atoms with E-state index in [1.807, 2.05) is 0 Å². The second-order valence-electron chi connectivity index (χ2n) is 1.96. The molecule has 64 valence electrons. The van der Waals surface area contributed by atoms with E-state index in [4.69, 9.17) is 0 Å². The second kappa shape index (κ2) is 4.85. The van der Waals surface area contributed by atoms with Gasteiger partial charge < -0.3 is 9.47 Å². The summed E-state index contributed by atoms with van der Waals surface area (Å²) in [7, 11) is 2.52. The van der Waals surface area contributed by atoms with Crippen molar-refractivity contribution in [3.05, 3.63) is 0 Å². The van der Waals surface area contributed by atoms with Crippen molar-refractivity contribution in [2.24, 2.45) is 0 Å². The van der Waals surface area contributed by atoms with Gasteiger partial charge in [0.2, 0.25) is 6.10 Å². The van der Waals surface area contributed by atoms with Crippen molar-refractivity contribution in [3.8, 4) is 0 Å². The molecule has 0 aromatic heterocycles. The first-order valence-electron chi connectivity index (χ1n) is 3.30. The Kier molecular flexibility index (Phi) is 4.45. The van der Waals surface area contributed by atoms with Gasteiger partial charge in [-0.2, -0.15) is 0 Å². The molecule has 0 aromatic carbocycles. The first kappa shape index (κ1) is 10.1. The van der Waals surface area contributed by atoms with Gasteiger partial charge in [0.25, 0.3) is 0 Å². The molecule has 11 heavy (non-hydrogen) atoms. The fourth-order valence-corrected chi connectivity index (χ4v) is 0.652. The predicted molar refractivity (Wildman–Crippen MR) is 38.1 cm³/mol. The maximum absolute atomic E-state index is 10.9. The van der Waals surface area contributed by atoms with E-state index in [1.54, 1.807) is 6.92 Å². The normalized spacial score (nSPS) is 12.3. The molecule has 0 bridgehead atoms. The van der Waals surface area contributed by atoms with Crippen LogP contribution < -0.4 is 0 Å². The first-order chi connectivity index (χ1) is 5.17. The molecule has 0 aromatic rings. The number of rotatable bonds is 4. The molecule has 4 heteroatoms. The zero-order valence-electron chi connectivity index (χ0n) is 6.92. The lowest BCUT2D eigenvalue weighted by molar-refractivity contribution is -0.157. The molecular formula is C7H12O4. The maximum atomic E-state index is 10.9. The summed E-state index contributed by atoms with van der Waals surface area (Å²) in [6.45, 7) is 1.66. The Hall–Kier alpha value is -0.900. The molecule has 0 amide bonds. The van der Waals surface area contributed by atoms with Gasteiger partial charge in [-0.1, -0.05) is 6.92 Å². The van der Waals surface area contributed by atoms with E-state index in [0.717, 1.165) is 0 Å². The van der Waals surface area contributed by atoms with Crippen molar-refractivity contribution in [3.63, 3.8) is 0 Å². The summed E-state index contributed by atoms with van der Waals surface area (Å²) in [5.74, 6) is -0.904. The fourth-order valence-electron chi connectivity index (χ4n) is 0.652. The summed E-state index contributed by atoms with van der Waals surface area (Å²) >= 11 is 0. The molecule has 4 nitrogen and oxygen atoms in total. The first-order valence-corrected chi connectivity index (χ1v) is 3.30. The minimum Gasteiger partial charge on any atom is -0.467 e. The molecule has 1 atom stereocenters. The van der Waals surface area contributed by atoms with Crippen LogP contribution in [0.25, 0.3) is 0 Å². The van der Waals surface area contributed by atoms with Crippen LogP contribution in [0.3, 0.4) is 0 Å². The highest BCUT2D eigenvalue weighted by molar-refractivity contribution is 6.01. The smallest absolute Gasteiger partial charge is 0.342 e. The van der Waals surface area contributed by atoms with Crippen LogP contribution in [-0.2, 0) is 19.1 Å². The van der Waals surface area contributed by atoms with Gasteiger partial charge in [0.05, 0.1) is 7.11 Å². The molecule has 0 N–H and O–H groups in total. The minimum absolute atomic E-state index is 0.264. The number of ketones is 1. The van der Waals surface area contributed by atoms with Crippen LogP contribution in [0.15, 0.2) is 0 Å². The third-order valence-electron chi connectivity index (χ3n) is 1.29. The summed E-state index contributed by atoms with van der Waals surface area (Å²) in [5.41, 5.74) is 0. The van der Waals surface area contributed by atoms with Gasteiger partial charge >= 0.3 is 5.97 Å². The zero-order chi connectivity index (χ0) is 8.85. The van der Waals surface area contributed by atoms with E-state index in [1.165, 1.54) is 14.2 Å². The minimum atomic E-state index is -1.05. The van der Waals surface area contributed by atoms with Crippen LogP contribution in [0.5, 0.6) is 0 Å². The highest BCUT2D eigenvalue weighted by atomic mass is 16.6. The summed E-state index contributed by atoms with van der Waals surface area (Å²) < 4.78 is 8.97. The Morgan fingerprint density at radius 1 is 1.36 bits per heavy atom. The topological polar surface area (TPSA) is 52.6 Å². The number of carbonyl (C=O) groups is 2. The van der Waals surface area contributed by atoms with Crippen LogP contribution in [-0.4, -0.2) is 32.1 Å². The Bertz CT molecular complexity index is 137. The summed E-state index contributed by atoms with van der Waals surface area (Å²) in [5, 5.41) is 0. The Morgan fingerprint density at radius 2 is 1.91 bits per heavy atom. The van der Waals surface area contributed by atoms with E-state index in [0.29, 0.717) is 0 Å². The van der Waals surface area contributed by atoms with Gasteiger partial charge in [-0.05, 0) is 0 Å². The molecule has 0 aliphatic heterocycles. The fraction of sp³-hybridized carbons (Fsp3) is 0.714. The van der Waals surface area contributed by atoms with Crippen molar-refractivity contribution in [1.82, 2.24) is 0 Å². The van der Waals surface area contributed by atoms with Crippen molar-refractivity contribution in [2.75, 3.05) is 14.2 Å². The van der Waals surface area contributed by atoms with Crippen molar-refractivity contribution >= 4 is 11.8 Å². The zero-order valence-corrected chi connectivity index (χ0v) is 6.92. The SMILES string of the molecule is CCC(=O)[C@H](OC)C(=O)OC. The molecule has 0 saturated heterocycles. The number of methoxy groups -OCH3 is 2. The third-order valence-corrected chi connectivity index (χ3v) is 1.29. The van der Waals surface area contributed by atoms with Gasteiger partial charge in [-0.15, -0.1) is 0 Å². The average Bonchev–Trinajstić information content (AvgIpc) is 2.05. The molecule has 0 saturated carbocycles. The summed E-state index contributed by atoms with van der Waals surface area (Å²) in [4.78, 5) is 21.7. The lowest BCUT2D eigenvalue weighted by Gasteiger charge is -2.09. The lowest BCUT2D eigenvalue weighted by atomic mass is 10.2. The predicted octanol–water partition coefficient (Wildman–Crippen LogP) is 0.153. The van der Waals surface area contributed by atoms with Gasteiger partial charge in [0, 0.05) is 13.5 Å². The second-order valence-corrected chi connectivity index (χ2v) is 1.96. The van der Waals surface area contributed by atoms with Crippen LogP contribution in [0.2, 0.25) is 0 Å². The molecule has 0 aliphatic rings. The molecule has 0 aliphatic carbocycles. The number of Topliss-reactive ketones (excluding diaryl/α,β-unsaturated/α-hetero) is 1. The number of carbonyl (C=O) groups excluding carboxylic acids is 2. The monoisotopic (exact) mass is 160 g/mol. The Labute approximate surface area is 65.5 Å². The number of hydrogen-bond donors (Lipinski definition) is 0. The standard InChI is InChI=1S/C7H12O4/c1-4-5(8)6(10-2)7(9)11-3/h6H,4H2,1-3H3/t6-/m0/s1. The van der Waals surface area contributed by atoms with E-state index < -0.39 is 12.1 Å². The highest BCUT2D eigenvalue weighted by Gasteiger charge is 2.24. The van der Waals surface area contributed by atoms with E-state index >= 15 is 0 Å².